The Morgan fingerprint density at radius 3 is 2.57 bits per heavy atom. The molecule has 1 aliphatic rings. The summed E-state index contributed by atoms with van der Waals surface area (Å²) in [5, 5.41) is 2.71. The van der Waals surface area contributed by atoms with Crippen molar-refractivity contribution in [3.8, 4) is 17.3 Å². The highest BCUT2D eigenvalue weighted by molar-refractivity contribution is 7.09. The average Bonchev–Trinajstić information content (AvgIpc) is 3.23. The molecule has 0 radical (unpaired) electrons. The first-order chi connectivity index (χ1) is 12.7. The summed E-state index contributed by atoms with van der Waals surface area (Å²) >= 11 is 0.641. The predicted octanol–water partition coefficient (Wildman–Crippen LogP) is 3.47. The van der Waals surface area contributed by atoms with Gasteiger partial charge in [-0.15, -0.1) is 11.3 Å². The Morgan fingerprint density at radius 2 is 2.04 bits per heavy atom. The Labute approximate surface area is 158 Å². The van der Waals surface area contributed by atoms with Crippen molar-refractivity contribution in [1.82, 2.24) is 26.3 Å². The Balaban J connectivity index is 0.00000225. The van der Waals surface area contributed by atoms with Gasteiger partial charge in [0.25, 0.3) is 5.56 Å². The van der Waals surface area contributed by atoms with Crippen molar-refractivity contribution in [1.29, 1.82) is 0 Å². The molecule has 150 valence electrons. The van der Waals surface area contributed by atoms with Crippen LogP contribution in [0.25, 0.3) is 11.5 Å². The Kier molecular flexibility index (Phi) is 4.97. The van der Waals surface area contributed by atoms with Crippen LogP contribution in [0.2, 0.25) is 0 Å². The van der Waals surface area contributed by atoms with E-state index < -0.39 is 29.2 Å². The fourth-order valence-electron chi connectivity index (χ4n) is 2.61. The van der Waals surface area contributed by atoms with E-state index in [0.29, 0.717) is 17.0 Å². The topological polar surface area (TPSA) is 129 Å². The van der Waals surface area contributed by atoms with Gasteiger partial charge in [0.2, 0.25) is 5.88 Å². The van der Waals surface area contributed by atoms with Crippen molar-refractivity contribution in [2.24, 2.45) is 0 Å². The lowest BCUT2D eigenvalue weighted by molar-refractivity contribution is -0.141. The molecule has 0 saturated heterocycles. The molecular weight excluding hydrogens is 406 g/mol. The minimum atomic E-state index is -4.60. The molecule has 13 heteroatoms. The van der Waals surface area contributed by atoms with Gasteiger partial charge in [-0.1, -0.05) is 0 Å². The minimum absolute atomic E-state index is 0. The van der Waals surface area contributed by atoms with Crippen molar-refractivity contribution in [3.63, 3.8) is 0 Å². The molecule has 3 aromatic rings. The monoisotopic (exact) mass is 419 g/mol. The molecule has 28 heavy (non-hydrogen) atoms. The number of aromatic nitrogens is 4. The van der Waals surface area contributed by atoms with Gasteiger partial charge in [-0.2, -0.15) is 18.3 Å². The average molecular weight is 419 g/mol. The summed E-state index contributed by atoms with van der Waals surface area (Å²) < 4.78 is 62.8. The van der Waals surface area contributed by atoms with Crippen molar-refractivity contribution in [2.75, 3.05) is 0 Å². The van der Waals surface area contributed by atoms with Gasteiger partial charge in [-0.05, 0) is 0 Å². The fourth-order valence-corrected chi connectivity index (χ4v) is 3.55. The quantitative estimate of drug-likeness (QED) is 0.620. The van der Waals surface area contributed by atoms with E-state index in [4.69, 9.17) is 9.26 Å². The molecule has 1 aliphatic carbocycles. The number of alkyl halides is 4. The SMILES string of the molecule is N.O=c1cc(-c2cnc(OC3CC(F)(c4nc(C(F)(F)F)cs4)C3)cn2)o[nH]1. The van der Waals surface area contributed by atoms with Crippen molar-refractivity contribution in [2.45, 2.75) is 30.8 Å². The second-order valence-corrected chi connectivity index (χ2v) is 6.82. The largest absolute Gasteiger partial charge is 0.473 e. The number of aromatic amines is 1. The van der Waals surface area contributed by atoms with Crippen LogP contribution in [-0.4, -0.2) is 26.2 Å². The van der Waals surface area contributed by atoms with Crippen LogP contribution in [0.4, 0.5) is 17.6 Å². The minimum Gasteiger partial charge on any atom is -0.473 e. The molecule has 8 nitrogen and oxygen atoms in total. The molecule has 0 bridgehead atoms. The second-order valence-electron chi connectivity index (χ2n) is 5.97. The molecule has 0 amide bonds. The summed E-state index contributed by atoms with van der Waals surface area (Å²) in [6, 6.07) is 1.21. The van der Waals surface area contributed by atoms with Gasteiger partial charge in [-0.3, -0.25) is 4.79 Å². The van der Waals surface area contributed by atoms with Crippen molar-refractivity contribution < 1.29 is 26.8 Å². The van der Waals surface area contributed by atoms with E-state index in [0.717, 1.165) is 5.38 Å². The highest BCUT2D eigenvalue weighted by Crippen LogP contribution is 2.48. The maximum atomic E-state index is 14.7. The van der Waals surface area contributed by atoms with E-state index in [9.17, 15) is 22.4 Å². The summed E-state index contributed by atoms with van der Waals surface area (Å²) in [7, 11) is 0. The number of rotatable bonds is 4. The van der Waals surface area contributed by atoms with Crippen LogP contribution in [0.5, 0.6) is 5.88 Å². The third-order valence-electron chi connectivity index (χ3n) is 3.97. The third-order valence-corrected chi connectivity index (χ3v) is 4.99. The first kappa shape index (κ1) is 19.9. The molecule has 3 aromatic heterocycles. The zero-order chi connectivity index (χ0) is 19.2. The number of thiazole rings is 1. The van der Waals surface area contributed by atoms with Gasteiger partial charge in [-0.25, -0.2) is 19.3 Å². The lowest BCUT2D eigenvalue weighted by Gasteiger charge is -2.39. The van der Waals surface area contributed by atoms with Gasteiger partial charge in [0, 0.05) is 18.2 Å². The van der Waals surface area contributed by atoms with Crippen LogP contribution in [0, 0.1) is 0 Å². The Morgan fingerprint density at radius 1 is 1.29 bits per heavy atom. The number of hydrogen-bond acceptors (Lipinski definition) is 8. The highest BCUT2D eigenvalue weighted by atomic mass is 32.1. The van der Waals surface area contributed by atoms with Crippen LogP contribution in [0.15, 0.2) is 33.2 Å². The summed E-state index contributed by atoms with van der Waals surface area (Å²) in [6.45, 7) is 0. The lowest BCUT2D eigenvalue weighted by Crippen LogP contribution is -2.44. The van der Waals surface area contributed by atoms with E-state index in [1.165, 1.54) is 18.5 Å². The van der Waals surface area contributed by atoms with Crippen molar-refractivity contribution in [3.05, 3.63) is 44.9 Å². The summed E-state index contributed by atoms with van der Waals surface area (Å²) in [4.78, 5) is 22.4. The molecule has 4 rings (SSSR count). The predicted molar refractivity (Wildman–Crippen MR) is 88.9 cm³/mol. The van der Waals surface area contributed by atoms with E-state index in [1.54, 1.807) is 0 Å². The lowest BCUT2D eigenvalue weighted by atomic mass is 9.79. The van der Waals surface area contributed by atoms with Crippen LogP contribution in [0.1, 0.15) is 23.5 Å². The maximum Gasteiger partial charge on any atom is 0.434 e. The molecule has 0 unspecified atom stereocenters. The molecule has 1 saturated carbocycles. The summed E-state index contributed by atoms with van der Waals surface area (Å²) in [6.07, 6.45) is -2.81. The van der Waals surface area contributed by atoms with E-state index >= 15 is 0 Å². The Hall–Kier alpha value is -2.80. The summed E-state index contributed by atoms with van der Waals surface area (Å²) in [5.74, 6) is 0.327. The first-order valence-corrected chi connectivity index (χ1v) is 8.51. The van der Waals surface area contributed by atoms with Gasteiger partial charge in [0.1, 0.15) is 16.8 Å². The molecule has 0 atom stereocenters. The van der Waals surface area contributed by atoms with Crippen LogP contribution < -0.4 is 16.4 Å². The third kappa shape index (κ3) is 3.75. The smallest absolute Gasteiger partial charge is 0.434 e. The van der Waals surface area contributed by atoms with Crippen LogP contribution in [0.3, 0.4) is 0 Å². The first-order valence-electron chi connectivity index (χ1n) is 7.63. The molecule has 1 fully saturated rings. The molecular formula is C15H13F4N5O3S. The standard InChI is InChI=1S/C15H10F4N4O3S.H3N/c16-14(13-22-10(6-27-13)15(17,18)19)2-7(3-14)25-12-5-20-8(4-21-12)9-1-11(24)23-26-9;/h1,4-7H,2-3H2,(H,23,24);1H3. The number of hydrogen-bond donors (Lipinski definition) is 2. The molecule has 4 N–H and O–H groups in total. The second kappa shape index (κ2) is 6.98. The van der Waals surface area contributed by atoms with E-state index in [1.807, 2.05) is 0 Å². The fraction of sp³-hybridized carbons (Fsp3) is 0.333. The summed E-state index contributed by atoms with van der Waals surface area (Å²) in [5.41, 5.74) is -3.16. The zero-order valence-corrected chi connectivity index (χ0v) is 14.8. The van der Waals surface area contributed by atoms with Gasteiger partial charge >= 0.3 is 6.18 Å². The number of H-pyrrole nitrogens is 1. The van der Waals surface area contributed by atoms with Gasteiger partial charge in [0.05, 0.1) is 18.5 Å². The molecule has 0 aliphatic heterocycles. The normalized spacial score (nSPS) is 21.6. The maximum absolute atomic E-state index is 14.7. The molecule has 0 spiro atoms. The van der Waals surface area contributed by atoms with E-state index in [-0.39, 0.29) is 35.6 Å². The number of halogens is 4. The van der Waals surface area contributed by atoms with Crippen LogP contribution in [-0.2, 0) is 11.8 Å². The number of nitrogens with zero attached hydrogens (tertiary/aromatic N) is 3. The van der Waals surface area contributed by atoms with Gasteiger partial charge in [0.15, 0.2) is 17.1 Å². The number of ether oxygens (including phenoxy) is 1. The van der Waals surface area contributed by atoms with E-state index in [2.05, 4.69) is 20.1 Å². The van der Waals surface area contributed by atoms with Crippen molar-refractivity contribution >= 4 is 11.3 Å². The van der Waals surface area contributed by atoms with Gasteiger partial charge < -0.3 is 15.4 Å². The molecule has 0 aromatic carbocycles. The number of nitrogens with one attached hydrogen (secondary N) is 1. The zero-order valence-electron chi connectivity index (χ0n) is 14.0. The highest BCUT2D eigenvalue weighted by Gasteiger charge is 2.51. The molecule has 3 heterocycles. The van der Waals surface area contributed by atoms with Crippen LogP contribution >= 0.6 is 11.3 Å². The Bertz CT molecular complexity index is 1010.